The molecule has 4 nitrogen and oxygen atoms in total. The van der Waals surface area contributed by atoms with Crippen LogP contribution in [0.4, 0.5) is 0 Å². The molecule has 1 atom stereocenters. The minimum atomic E-state index is -0.353. The number of rotatable bonds is 5. The van der Waals surface area contributed by atoms with Crippen molar-refractivity contribution in [1.29, 1.82) is 0 Å². The van der Waals surface area contributed by atoms with Gasteiger partial charge in [-0.2, -0.15) is 0 Å². The Balaban J connectivity index is 1.96. The van der Waals surface area contributed by atoms with Crippen molar-refractivity contribution in [3.63, 3.8) is 0 Å². The summed E-state index contributed by atoms with van der Waals surface area (Å²) in [5.41, 5.74) is 7.08. The molecule has 1 aromatic carbocycles. The molecular weight excluding hydrogens is 238 g/mol. The summed E-state index contributed by atoms with van der Waals surface area (Å²) >= 11 is 0. The molecule has 0 bridgehead atoms. The van der Waals surface area contributed by atoms with Gasteiger partial charge in [-0.05, 0) is 56.6 Å². The van der Waals surface area contributed by atoms with Crippen molar-refractivity contribution in [2.24, 2.45) is 11.7 Å². The fraction of sp³-hybridized carbons (Fsp3) is 0.533. The van der Waals surface area contributed by atoms with Crippen molar-refractivity contribution in [1.82, 2.24) is 10.2 Å². The van der Waals surface area contributed by atoms with Crippen molar-refractivity contribution in [3.8, 4) is 0 Å². The molecule has 104 valence electrons. The number of piperidine rings is 1. The molecule has 1 fully saturated rings. The van der Waals surface area contributed by atoms with Crippen molar-refractivity contribution < 1.29 is 4.79 Å². The number of primary amides is 1. The minimum absolute atomic E-state index is 0.353. The summed E-state index contributed by atoms with van der Waals surface area (Å²) in [6.45, 7) is 4.25. The fourth-order valence-electron chi connectivity index (χ4n) is 2.83. The summed E-state index contributed by atoms with van der Waals surface area (Å²) in [6.07, 6.45) is 2.56. The molecule has 0 radical (unpaired) electrons. The van der Waals surface area contributed by atoms with Crippen molar-refractivity contribution in [3.05, 3.63) is 35.4 Å². The summed E-state index contributed by atoms with van der Waals surface area (Å²) in [5.74, 6) is 0.381. The van der Waals surface area contributed by atoms with Crippen LogP contribution in [0.3, 0.4) is 0 Å². The van der Waals surface area contributed by atoms with Crippen LogP contribution in [0, 0.1) is 5.92 Å². The summed E-state index contributed by atoms with van der Waals surface area (Å²) < 4.78 is 0. The van der Waals surface area contributed by atoms with Crippen LogP contribution < -0.4 is 11.1 Å². The van der Waals surface area contributed by atoms with E-state index in [0.717, 1.165) is 32.1 Å². The Bertz CT molecular complexity index is 431. The number of hydrogen-bond donors (Lipinski definition) is 2. The Morgan fingerprint density at radius 2 is 2.37 bits per heavy atom. The Morgan fingerprint density at radius 1 is 1.53 bits per heavy atom. The fourth-order valence-corrected chi connectivity index (χ4v) is 2.83. The molecule has 0 saturated carbocycles. The summed E-state index contributed by atoms with van der Waals surface area (Å²) in [5, 5.41) is 3.26. The van der Waals surface area contributed by atoms with Gasteiger partial charge in [0.1, 0.15) is 0 Å². The second-order valence-corrected chi connectivity index (χ2v) is 5.37. The molecular formula is C15H23N3O. The van der Waals surface area contributed by atoms with Gasteiger partial charge >= 0.3 is 0 Å². The number of likely N-dealkylation sites (tertiary alicyclic amines) is 1. The van der Waals surface area contributed by atoms with Crippen LogP contribution in [0.25, 0.3) is 0 Å². The van der Waals surface area contributed by atoms with Gasteiger partial charge in [0.15, 0.2) is 0 Å². The van der Waals surface area contributed by atoms with E-state index < -0.39 is 0 Å². The lowest BCUT2D eigenvalue weighted by molar-refractivity contribution is 0.1000. The van der Waals surface area contributed by atoms with E-state index in [1.165, 1.54) is 18.4 Å². The molecule has 3 N–H and O–H groups in total. The largest absolute Gasteiger partial charge is 0.366 e. The van der Waals surface area contributed by atoms with Crippen LogP contribution in [0.1, 0.15) is 28.8 Å². The minimum Gasteiger partial charge on any atom is -0.366 e. The zero-order chi connectivity index (χ0) is 13.7. The first-order valence-corrected chi connectivity index (χ1v) is 6.94. The highest BCUT2D eigenvalue weighted by molar-refractivity contribution is 5.92. The first-order valence-electron chi connectivity index (χ1n) is 6.94. The smallest absolute Gasteiger partial charge is 0.248 e. The zero-order valence-electron chi connectivity index (χ0n) is 11.6. The number of nitrogens with two attached hydrogens (primary N) is 1. The van der Waals surface area contributed by atoms with E-state index in [9.17, 15) is 4.79 Å². The molecule has 2 rings (SSSR count). The van der Waals surface area contributed by atoms with Gasteiger partial charge in [-0.3, -0.25) is 9.69 Å². The van der Waals surface area contributed by atoms with Gasteiger partial charge in [-0.15, -0.1) is 0 Å². The highest BCUT2D eigenvalue weighted by atomic mass is 16.1. The Kier molecular flexibility index (Phi) is 4.93. The van der Waals surface area contributed by atoms with Crippen LogP contribution in [0.5, 0.6) is 0 Å². The average Bonchev–Trinajstić information content (AvgIpc) is 2.40. The highest BCUT2D eigenvalue weighted by Crippen LogP contribution is 2.18. The van der Waals surface area contributed by atoms with Gasteiger partial charge in [0.2, 0.25) is 5.91 Å². The third-order valence-corrected chi connectivity index (χ3v) is 3.71. The van der Waals surface area contributed by atoms with E-state index in [2.05, 4.69) is 16.3 Å². The quantitative estimate of drug-likeness (QED) is 0.838. The third kappa shape index (κ3) is 4.04. The van der Waals surface area contributed by atoms with E-state index in [4.69, 9.17) is 5.73 Å². The monoisotopic (exact) mass is 261 g/mol. The molecule has 0 aromatic heterocycles. The number of amides is 1. The van der Waals surface area contributed by atoms with Gasteiger partial charge in [-0.25, -0.2) is 0 Å². The lowest BCUT2D eigenvalue weighted by atomic mass is 9.97. The Hall–Kier alpha value is -1.39. The average molecular weight is 261 g/mol. The molecule has 19 heavy (non-hydrogen) atoms. The molecule has 4 heteroatoms. The van der Waals surface area contributed by atoms with Crippen LogP contribution in [-0.2, 0) is 6.54 Å². The van der Waals surface area contributed by atoms with E-state index in [1.807, 2.05) is 19.2 Å². The summed E-state index contributed by atoms with van der Waals surface area (Å²) in [4.78, 5) is 13.6. The summed E-state index contributed by atoms with van der Waals surface area (Å²) in [6, 6.07) is 7.65. The van der Waals surface area contributed by atoms with Gasteiger partial charge < -0.3 is 11.1 Å². The van der Waals surface area contributed by atoms with E-state index in [1.54, 1.807) is 6.07 Å². The molecule has 1 saturated heterocycles. The van der Waals surface area contributed by atoms with Gasteiger partial charge in [-0.1, -0.05) is 12.1 Å². The number of carbonyl (C=O) groups excluding carboxylic acids is 1. The zero-order valence-corrected chi connectivity index (χ0v) is 11.6. The molecule has 1 unspecified atom stereocenters. The van der Waals surface area contributed by atoms with Gasteiger partial charge in [0, 0.05) is 18.7 Å². The predicted octanol–water partition coefficient (Wildman–Crippen LogP) is 1.22. The normalized spacial score (nSPS) is 20.4. The Labute approximate surface area is 115 Å². The number of carbonyl (C=O) groups is 1. The summed E-state index contributed by atoms with van der Waals surface area (Å²) in [7, 11) is 2.01. The maximum atomic E-state index is 11.2. The lowest BCUT2D eigenvalue weighted by Gasteiger charge is -2.32. The molecule has 1 aromatic rings. The van der Waals surface area contributed by atoms with Crippen LogP contribution in [0.15, 0.2) is 24.3 Å². The number of benzene rings is 1. The maximum absolute atomic E-state index is 11.2. The van der Waals surface area contributed by atoms with Crippen LogP contribution in [0.2, 0.25) is 0 Å². The maximum Gasteiger partial charge on any atom is 0.248 e. The standard InChI is InChI=1S/C15H23N3O/c1-17-9-13-5-3-7-18(11-13)10-12-4-2-6-14(8-12)15(16)19/h2,4,6,8,13,17H,3,5,7,9-11H2,1H3,(H2,16,19). The number of hydrogen-bond acceptors (Lipinski definition) is 3. The SMILES string of the molecule is CNCC1CCCN(Cc2cccc(C(N)=O)c2)C1. The molecule has 1 aliphatic rings. The van der Waals surface area contributed by atoms with Crippen molar-refractivity contribution >= 4 is 5.91 Å². The first kappa shape index (κ1) is 14.0. The van der Waals surface area contributed by atoms with E-state index in [-0.39, 0.29) is 5.91 Å². The van der Waals surface area contributed by atoms with Crippen LogP contribution in [-0.4, -0.2) is 37.5 Å². The van der Waals surface area contributed by atoms with E-state index in [0.29, 0.717) is 5.56 Å². The van der Waals surface area contributed by atoms with Gasteiger partial charge in [0.25, 0.3) is 0 Å². The van der Waals surface area contributed by atoms with E-state index >= 15 is 0 Å². The van der Waals surface area contributed by atoms with Crippen LogP contribution >= 0.6 is 0 Å². The molecule has 0 spiro atoms. The molecule has 0 aliphatic carbocycles. The first-order chi connectivity index (χ1) is 9.19. The highest BCUT2D eigenvalue weighted by Gasteiger charge is 2.19. The lowest BCUT2D eigenvalue weighted by Crippen LogP contribution is -2.38. The topological polar surface area (TPSA) is 58.4 Å². The van der Waals surface area contributed by atoms with Crippen molar-refractivity contribution in [2.45, 2.75) is 19.4 Å². The Morgan fingerprint density at radius 3 is 3.11 bits per heavy atom. The predicted molar refractivity (Wildman–Crippen MR) is 76.9 cm³/mol. The molecule has 1 amide bonds. The van der Waals surface area contributed by atoms with Gasteiger partial charge in [0.05, 0.1) is 0 Å². The third-order valence-electron chi connectivity index (χ3n) is 3.71. The number of nitrogens with zero attached hydrogens (tertiary/aromatic N) is 1. The second kappa shape index (κ2) is 6.68. The number of nitrogens with one attached hydrogen (secondary N) is 1. The second-order valence-electron chi connectivity index (χ2n) is 5.37. The van der Waals surface area contributed by atoms with Crippen molar-refractivity contribution in [2.75, 3.05) is 26.7 Å². The molecule has 1 aliphatic heterocycles. The molecule has 1 heterocycles.